The van der Waals surface area contributed by atoms with Gasteiger partial charge in [0.15, 0.2) is 0 Å². The lowest BCUT2D eigenvalue weighted by molar-refractivity contribution is -0.145. The Balaban J connectivity index is 2.11. The molecule has 0 aromatic heterocycles. The smallest absolute Gasteiger partial charge is 0.309 e. The van der Waals surface area contributed by atoms with E-state index in [2.05, 4.69) is 4.74 Å². The highest BCUT2D eigenvalue weighted by Gasteiger charge is 2.17. The molecule has 1 aromatic carbocycles. The summed E-state index contributed by atoms with van der Waals surface area (Å²) in [6, 6.07) is 12.0. The maximum atomic E-state index is 11.4. The zero-order chi connectivity index (χ0) is 14.6. The van der Waals surface area contributed by atoms with Crippen LogP contribution in [0.3, 0.4) is 0 Å². The number of methoxy groups -OCH3 is 1. The molecule has 0 spiro atoms. The maximum Gasteiger partial charge on any atom is 0.309 e. The molecule has 1 atom stereocenters. The predicted octanol–water partition coefficient (Wildman–Crippen LogP) is 3.08. The summed E-state index contributed by atoms with van der Waals surface area (Å²) in [5, 5.41) is 8.67. The molecule has 0 N–H and O–H groups in total. The number of unbranched alkanes of at least 4 members (excludes halogenated alkanes) is 1. The standard InChI is InChI=1S/C16H21NO3/c1-19-16(18)15(10-11-17)9-5-6-12-20-13-14-7-3-2-4-8-14/h2-4,7-8,15H,5-6,9-10,12-13H2,1H3. The number of carbonyl (C=O) groups excluding carboxylic acids is 1. The van der Waals surface area contributed by atoms with Gasteiger partial charge in [-0.25, -0.2) is 0 Å². The van der Waals surface area contributed by atoms with Crippen LogP contribution in [0.15, 0.2) is 30.3 Å². The zero-order valence-corrected chi connectivity index (χ0v) is 11.9. The van der Waals surface area contributed by atoms with Gasteiger partial charge in [0.1, 0.15) is 0 Å². The van der Waals surface area contributed by atoms with Crippen LogP contribution in [0.25, 0.3) is 0 Å². The molecule has 0 fully saturated rings. The molecule has 0 heterocycles. The number of nitriles is 1. The summed E-state index contributed by atoms with van der Waals surface area (Å²) in [6.45, 7) is 1.27. The van der Waals surface area contributed by atoms with Crippen molar-refractivity contribution in [1.29, 1.82) is 5.26 Å². The molecule has 20 heavy (non-hydrogen) atoms. The van der Waals surface area contributed by atoms with E-state index in [9.17, 15) is 4.79 Å². The van der Waals surface area contributed by atoms with Crippen molar-refractivity contribution in [3.05, 3.63) is 35.9 Å². The number of hydrogen-bond donors (Lipinski definition) is 0. The van der Waals surface area contributed by atoms with E-state index >= 15 is 0 Å². The second kappa shape index (κ2) is 9.99. The Morgan fingerprint density at radius 2 is 2.05 bits per heavy atom. The number of carbonyl (C=O) groups is 1. The summed E-state index contributed by atoms with van der Waals surface area (Å²) in [5.74, 6) is -0.601. The van der Waals surface area contributed by atoms with Crippen LogP contribution in [0, 0.1) is 17.2 Å². The Hall–Kier alpha value is -1.86. The van der Waals surface area contributed by atoms with E-state index in [1.165, 1.54) is 7.11 Å². The number of nitrogens with zero attached hydrogens (tertiary/aromatic N) is 1. The van der Waals surface area contributed by atoms with Crippen LogP contribution >= 0.6 is 0 Å². The highest BCUT2D eigenvalue weighted by atomic mass is 16.5. The fourth-order valence-electron chi connectivity index (χ4n) is 1.94. The zero-order valence-electron chi connectivity index (χ0n) is 11.9. The minimum absolute atomic E-state index is 0.220. The van der Waals surface area contributed by atoms with E-state index < -0.39 is 0 Å². The molecule has 1 rings (SSSR count). The van der Waals surface area contributed by atoms with Gasteiger partial charge in [-0.1, -0.05) is 36.8 Å². The minimum atomic E-state index is -0.306. The van der Waals surface area contributed by atoms with Gasteiger partial charge in [0.05, 0.1) is 25.7 Å². The van der Waals surface area contributed by atoms with E-state index in [-0.39, 0.29) is 18.3 Å². The lowest BCUT2D eigenvalue weighted by Crippen LogP contribution is -2.15. The van der Waals surface area contributed by atoms with Crippen molar-refractivity contribution in [2.24, 2.45) is 5.92 Å². The third-order valence-electron chi connectivity index (χ3n) is 3.08. The van der Waals surface area contributed by atoms with Crippen LogP contribution in [-0.2, 0) is 20.9 Å². The third kappa shape index (κ3) is 6.35. The number of esters is 1. The van der Waals surface area contributed by atoms with Crippen LogP contribution in [0.2, 0.25) is 0 Å². The molecule has 1 aromatic rings. The predicted molar refractivity (Wildman–Crippen MR) is 75.7 cm³/mol. The molecule has 0 saturated heterocycles. The van der Waals surface area contributed by atoms with Gasteiger partial charge in [0.2, 0.25) is 0 Å². The SMILES string of the molecule is COC(=O)C(CC#N)CCCCOCc1ccccc1. The fourth-order valence-corrected chi connectivity index (χ4v) is 1.94. The van der Waals surface area contributed by atoms with Gasteiger partial charge in [0, 0.05) is 13.0 Å². The Labute approximate surface area is 120 Å². The number of hydrogen-bond acceptors (Lipinski definition) is 4. The second-order valence-electron chi connectivity index (χ2n) is 4.62. The normalized spacial score (nSPS) is 11.6. The Morgan fingerprint density at radius 1 is 1.30 bits per heavy atom. The van der Waals surface area contributed by atoms with E-state index in [1.54, 1.807) is 0 Å². The molecule has 0 aliphatic heterocycles. The Bertz CT molecular complexity index is 425. The molecule has 0 aliphatic rings. The van der Waals surface area contributed by atoms with E-state index in [1.807, 2.05) is 36.4 Å². The monoisotopic (exact) mass is 275 g/mol. The van der Waals surface area contributed by atoms with Gasteiger partial charge in [-0.15, -0.1) is 0 Å². The third-order valence-corrected chi connectivity index (χ3v) is 3.08. The number of rotatable bonds is 9. The summed E-state index contributed by atoms with van der Waals surface area (Å²) >= 11 is 0. The van der Waals surface area contributed by atoms with E-state index in [0.29, 0.717) is 19.6 Å². The molecule has 4 nitrogen and oxygen atoms in total. The summed E-state index contributed by atoms with van der Waals surface area (Å²) < 4.78 is 10.2. The molecule has 108 valence electrons. The molecule has 0 aliphatic carbocycles. The fraction of sp³-hybridized carbons (Fsp3) is 0.500. The number of benzene rings is 1. The van der Waals surface area contributed by atoms with Crippen molar-refractivity contribution < 1.29 is 14.3 Å². The van der Waals surface area contributed by atoms with Crippen molar-refractivity contribution in [2.75, 3.05) is 13.7 Å². The van der Waals surface area contributed by atoms with Gasteiger partial charge in [-0.3, -0.25) is 4.79 Å². The average Bonchev–Trinajstić information content (AvgIpc) is 2.49. The summed E-state index contributed by atoms with van der Waals surface area (Å²) in [5.41, 5.74) is 1.16. The molecule has 0 saturated carbocycles. The lowest BCUT2D eigenvalue weighted by atomic mass is 9.99. The molecule has 0 bridgehead atoms. The first-order chi connectivity index (χ1) is 9.77. The minimum Gasteiger partial charge on any atom is -0.469 e. The van der Waals surface area contributed by atoms with Crippen LogP contribution in [0.4, 0.5) is 0 Å². The molecule has 0 radical (unpaired) electrons. The van der Waals surface area contributed by atoms with Gasteiger partial charge in [-0.05, 0) is 18.4 Å². The van der Waals surface area contributed by atoms with Crippen molar-refractivity contribution >= 4 is 5.97 Å². The largest absolute Gasteiger partial charge is 0.469 e. The molecular weight excluding hydrogens is 254 g/mol. The lowest BCUT2D eigenvalue weighted by Gasteiger charge is -2.10. The molecular formula is C16H21NO3. The molecule has 0 amide bonds. The summed E-state index contributed by atoms with van der Waals surface area (Å²) in [4.78, 5) is 11.4. The summed E-state index contributed by atoms with van der Waals surface area (Å²) in [6.07, 6.45) is 2.63. The van der Waals surface area contributed by atoms with Crippen LogP contribution in [-0.4, -0.2) is 19.7 Å². The van der Waals surface area contributed by atoms with Crippen molar-refractivity contribution in [1.82, 2.24) is 0 Å². The topological polar surface area (TPSA) is 59.3 Å². The Morgan fingerprint density at radius 3 is 2.70 bits per heavy atom. The van der Waals surface area contributed by atoms with Crippen LogP contribution in [0.5, 0.6) is 0 Å². The van der Waals surface area contributed by atoms with Gasteiger partial charge in [0.25, 0.3) is 0 Å². The summed E-state index contributed by atoms with van der Waals surface area (Å²) in [7, 11) is 1.36. The van der Waals surface area contributed by atoms with Gasteiger partial charge < -0.3 is 9.47 Å². The van der Waals surface area contributed by atoms with Gasteiger partial charge in [-0.2, -0.15) is 5.26 Å². The highest BCUT2D eigenvalue weighted by Crippen LogP contribution is 2.14. The molecule has 1 unspecified atom stereocenters. The first-order valence-corrected chi connectivity index (χ1v) is 6.84. The van der Waals surface area contributed by atoms with Crippen LogP contribution < -0.4 is 0 Å². The average molecular weight is 275 g/mol. The van der Waals surface area contributed by atoms with Crippen LogP contribution in [0.1, 0.15) is 31.2 Å². The van der Waals surface area contributed by atoms with Crippen molar-refractivity contribution in [3.63, 3.8) is 0 Å². The van der Waals surface area contributed by atoms with E-state index in [4.69, 9.17) is 10.00 Å². The van der Waals surface area contributed by atoms with Crippen molar-refractivity contribution in [2.45, 2.75) is 32.3 Å². The number of ether oxygens (including phenoxy) is 2. The Kier molecular flexibility index (Phi) is 8.09. The quantitative estimate of drug-likeness (QED) is 0.513. The van der Waals surface area contributed by atoms with E-state index in [0.717, 1.165) is 18.4 Å². The first-order valence-electron chi connectivity index (χ1n) is 6.84. The maximum absolute atomic E-state index is 11.4. The highest BCUT2D eigenvalue weighted by molar-refractivity contribution is 5.72. The first kappa shape index (κ1) is 16.2. The van der Waals surface area contributed by atoms with Gasteiger partial charge >= 0.3 is 5.97 Å². The van der Waals surface area contributed by atoms with Crippen molar-refractivity contribution in [3.8, 4) is 6.07 Å². The second-order valence-corrected chi connectivity index (χ2v) is 4.62. The molecule has 4 heteroatoms.